The molecule has 1 unspecified atom stereocenters. The number of carbonyl (C=O) groups excluding carboxylic acids is 1. The van der Waals surface area contributed by atoms with Crippen molar-refractivity contribution in [3.05, 3.63) is 30.1 Å². The van der Waals surface area contributed by atoms with E-state index in [-0.39, 0.29) is 11.3 Å². The minimum Gasteiger partial charge on any atom is -0.550 e. The summed E-state index contributed by atoms with van der Waals surface area (Å²) in [6, 6.07) is 4.28. The standard InChI is InChI=1S/C11H13FO5S/c12-8-1-3-10(4-2-8)18(16,17)6-5-9(13)7-11(14)15/h1-4,9,13H,5-7H2,(H,14,15)/p-1. The van der Waals surface area contributed by atoms with E-state index in [0.717, 1.165) is 24.3 Å². The lowest BCUT2D eigenvalue weighted by Gasteiger charge is -2.11. The summed E-state index contributed by atoms with van der Waals surface area (Å²) in [5.41, 5.74) is 0. The zero-order valence-electron chi connectivity index (χ0n) is 9.37. The lowest BCUT2D eigenvalue weighted by molar-refractivity contribution is -0.307. The second-order valence-corrected chi connectivity index (χ2v) is 5.90. The maximum absolute atomic E-state index is 12.6. The van der Waals surface area contributed by atoms with E-state index in [4.69, 9.17) is 0 Å². The number of hydrogen-bond donors (Lipinski definition) is 1. The Labute approximate surface area is 104 Å². The van der Waals surface area contributed by atoms with Crippen LogP contribution in [0.25, 0.3) is 0 Å². The van der Waals surface area contributed by atoms with Crippen molar-refractivity contribution in [3.63, 3.8) is 0 Å². The van der Waals surface area contributed by atoms with Gasteiger partial charge in [-0.05, 0) is 30.7 Å². The third-order valence-corrected chi connectivity index (χ3v) is 4.06. The molecule has 0 aliphatic heterocycles. The van der Waals surface area contributed by atoms with E-state index in [1.54, 1.807) is 0 Å². The normalized spacial score (nSPS) is 13.2. The molecule has 7 heteroatoms. The first-order chi connectivity index (χ1) is 8.31. The van der Waals surface area contributed by atoms with E-state index >= 15 is 0 Å². The van der Waals surface area contributed by atoms with Crippen molar-refractivity contribution in [1.82, 2.24) is 0 Å². The van der Waals surface area contributed by atoms with E-state index in [2.05, 4.69) is 0 Å². The minimum atomic E-state index is -3.65. The molecule has 0 bridgehead atoms. The Bertz CT molecular complexity index is 509. The van der Waals surface area contributed by atoms with Crippen molar-refractivity contribution in [2.45, 2.75) is 23.8 Å². The highest BCUT2D eigenvalue weighted by Crippen LogP contribution is 2.14. The molecule has 0 radical (unpaired) electrons. The molecule has 0 spiro atoms. The molecule has 0 saturated heterocycles. The summed E-state index contributed by atoms with van der Waals surface area (Å²) in [6.07, 6.45) is -2.10. The van der Waals surface area contributed by atoms with E-state index < -0.39 is 39.9 Å². The van der Waals surface area contributed by atoms with Gasteiger partial charge in [0.25, 0.3) is 0 Å². The molecule has 1 aromatic rings. The number of sulfone groups is 1. The van der Waals surface area contributed by atoms with Gasteiger partial charge in [-0.3, -0.25) is 0 Å². The topological polar surface area (TPSA) is 94.5 Å². The van der Waals surface area contributed by atoms with Crippen LogP contribution in [0.2, 0.25) is 0 Å². The largest absolute Gasteiger partial charge is 0.550 e. The van der Waals surface area contributed by atoms with Crippen molar-refractivity contribution in [3.8, 4) is 0 Å². The van der Waals surface area contributed by atoms with E-state index in [1.807, 2.05) is 0 Å². The molecule has 1 atom stereocenters. The Kier molecular flexibility index (Phi) is 4.80. The molecular formula is C11H12FO5S-. The lowest BCUT2D eigenvalue weighted by Crippen LogP contribution is -2.28. The SMILES string of the molecule is O=C([O-])CC(O)CCS(=O)(=O)c1ccc(F)cc1. The van der Waals surface area contributed by atoms with E-state index in [9.17, 15) is 27.8 Å². The monoisotopic (exact) mass is 275 g/mol. The first-order valence-corrected chi connectivity index (χ1v) is 6.83. The van der Waals surface area contributed by atoms with Gasteiger partial charge in [0.05, 0.1) is 16.8 Å². The van der Waals surface area contributed by atoms with Crippen LogP contribution in [0.15, 0.2) is 29.2 Å². The molecule has 1 N–H and O–H groups in total. The van der Waals surface area contributed by atoms with Gasteiger partial charge in [0.2, 0.25) is 0 Å². The summed E-state index contributed by atoms with van der Waals surface area (Å²) in [7, 11) is -3.65. The fourth-order valence-electron chi connectivity index (χ4n) is 1.35. The molecule has 0 aliphatic carbocycles. The van der Waals surface area contributed by atoms with Gasteiger partial charge in [-0.2, -0.15) is 0 Å². The number of aliphatic hydroxyl groups is 1. The average molecular weight is 275 g/mol. The van der Waals surface area contributed by atoms with Crippen LogP contribution in [0.3, 0.4) is 0 Å². The van der Waals surface area contributed by atoms with Gasteiger partial charge >= 0.3 is 0 Å². The van der Waals surface area contributed by atoms with E-state index in [0.29, 0.717) is 0 Å². The highest BCUT2D eigenvalue weighted by molar-refractivity contribution is 7.91. The summed E-state index contributed by atoms with van der Waals surface area (Å²) in [6.45, 7) is 0. The van der Waals surface area contributed by atoms with Gasteiger partial charge in [0.15, 0.2) is 9.84 Å². The second kappa shape index (κ2) is 5.92. The number of aliphatic carboxylic acids is 1. The van der Waals surface area contributed by atoms with Gasteiger partial charge in [-0.25, -0.2) is 12.8 Å². The highest BCUT2D eigenvalue weighted by atomic mass is 32.2. The first kappa shape index (κ1) is 14.6. The van der Waals surface area contributed by atoms with Crippen LogP contribution >= 0.6 is 0 Å². The molecule has 0 aromatic heterocycles. The van der Waals surface area contributed by atoms with Gasteiger partial charge in [-0.15, -0.1) is 0 Å². The zero-order valence-corrected chi connectivity index (χ0v) is 10.2. The third-order valence-electron chi connectivity index (χ3n) is 2.29. The maximum atomic E-state index is 12.6. The summed E-state index contributed by atoms with van der Waals surface area (Å²) in [5, 5.41) is 19.4. The molecule has 0 saturated carbocycles. The second-order valence-electron chi connectivity index (χ2n) is 3.79. The van der Waals surface area contributed by atoms with Crippen LogP contribution in [0.4, 0.5) is 4.39 Å². The molecule has 5 nitrogen and oxygen atoms in total. The predicted octanol–water partition coefficient (Wildman–Crippen LogP) is -0.510. The number of benzene rings is 1. The molecule has 1 aromatic carbocycles. The summed E-state index contributed by atoms with van der Waals surface area (Å²) < 4.78 is 36.1. The molecule has 0 heterocycles. The quantitative estimate of drug-likeness (QED) is 0.706. The van der Waals surface area contributed by atoms with Crippen LogP contribution in [0.5, 0.6) is 0 Å². The van der Waals surface area contributed by atoms with Crippen molar-refractivity contribution < 1.29 is 27.8 Å². The van der Waals surface area contributed by atoms with Crippen LogP contribution in [-0.4, -0.2) is 31.4 Å². The summed E-state index contributed by atoms with van der Waals surface area (Å²) >= 11 is 0. The Balaban J connectivity index is 2.65. The Morgan fingerprint density at radius 3 is 2.39 bits per heavy atom. The smallest absolute Gasteiger partial charge is 0.178 e. The van der Waals surface area contributed by atoms with Crippen molar-refractivity contribution in [2.75, 3.05) is 5.75 Å². The van der Waals surface area contributed by atoms with Crippen LogP contribution in [0.1, 0.15) is 12.8 Å². The fourth-order valence-corrected chi connectivity index (χ4v) is 2.71. The van der Waals surface area contributed by atoms with E-state index in [1.165, 1.54) is 0 Å². The first-order valence-electron chi connectivity index (χ1n) is 5.17. The molecular weight excluding hydrogens is 263 g/mol. The number of carbonyl (C=O) groups is 1. The van der Waals surface area contributed by atoms with Gasteiger partial charge in [0, 0.05) is 12.4 Å². The van der Waals surface area contributed by atoms with Crippen molar-refractivity contribution >= 4 is 15.8 Å². The number of aliphatic hydroxyl groups excluding tert-OH is 1. The molecule has 100 valence electrons. The van der Waals surface area contributed by atoms with Gasteiger partial charge < -0.3 is 15.0 Å². The minimum absolute atomic E-state index is 0.0652. The van der Waals surface area contributed by atoms with Crippen LogP contribution in [-0.2, 0) is 14.6 Å². The molecule has 18 heavy (non-hydrogen) atoms. The molecule has 1 rings (SSSR count). The van der Waals surface area contributed by atoms with Crippen LogP contribution < -0.4 is 5.11 Å². The number of halogens is 1. The van der Waals surface area contributed by atoms with Crippen molar-refractivity contribution in [2.24, 2.45) is 0 Å². The average Bonchev–Trinajstić information content (AvgIpc) is 2.26. The Morgan fingerprint density at radius 1 is 1.33 bits per heavy atom. The predicted molar refractivity (Wildman–Crippen MR) is 58.7 cm³/mol. The van der Waals surface area contributed by atoms with Gasteiger partial charge in [0.1, 0.15) is 5.82 Å². The Hall–Kier alpha value is -1.47. The maximum Gasteiger partial charge on any atom is 0.178 e. The number of carboxylic acid groups (broad SMARTS) is 1. The Morgan fingerprint density at radius 2 is 1.89 bits per heavy atom. The molecule has 0 aliphatic rings. The van der Waals surface area contributed by atoms with Crippen molar-refractivity contribution in [1.29, 1.82) is 0 Å². The molecule has 0 fully saturated rings. The fraction of sp³-hybridized carbons (Fsp3) is 0.364. The summed E-state index contributed by atoms with van der Waals surface area (Å²) in [4.78, 5) is 10.1. The third kappa shape index (κ3) is 4.42. The summed E-state index contributed by atoms with van der Waals surface area (Å²) in [5.74, 6) is -2.40. The van der Waals surface area contributed by atoms with Gasteiger partial charge in [-0.1, -0.05) is 0 Å². The lowest BCUT2D eigenvalue weighted by atomic mass is 10.2. The molecule has 0 amide bonds. The number of carboxylic acids is 1. The zero-order chi connectivity index (χ0) is 13.8. The number of rotatable bonds is 6. The highest BCUT2D eigenvalue weighted by Gasteiger charge is 2.16. The number of hydrogen-bond acceptors (Lipinski definition) is 5. The van der Waals surface area contributed by atoms with Crippen LogP contribution in [0, 0.1) is 5.82 Å².